The van der Waals surface area contributed by atoms with Gasteiger partial charge in [-0.15, -0.1) is 0 Å². The minimum Gasteiger partial charge on any atom is -0.480 e. The molecule has 348 valence electrons. The summed E-state index contributed by atoms with van der Waals surface area (Å²) in [7, 11) is 0. The monoisotopic (exact) mass is 922 g/mol. The highest BCUT2D eigenvalue weighted by atomic mass is 32.1. The summed E-state index contributed by atoms with van der Waals surface area (Å²) in [6.07, 6.45) is 1.22. The number of hydrogen-bond donors (Lipinski definition) is 15. The predicted octanol–water partition coefficient (Wildman–Crippen LogP) is -3.87. The fraction of sp³-hybridized carbons (Fsp3) is 0.722. The van der Waals surface area contributed by atoms with Crippen LogP contribution in [0.25, 0.3) is 0 Å². The topological polar surface area (TPSA) is 361 Å². The van der Waals surface area contributed by atoms with Gasteiger partial charge in [0.15, 0.2) is 5.96 Å². The number of nitrogens with zero attached hydrogens (tertiary/aromatic N) is 1. The minimum absolute atomic E-state index is 0.0971. The van der Waals surface area contributed by atoms with Gasteiger partial charge in [-0.3, -0.25) is 43.3 Å². The van der Waals surface area contributed by atoms with E-state index in [-0.39, 0.29) is 48.5 Å². The number of nitrogens with two attached hydrogens (primary N) is 3. The van der Waals surface area contributed by atoms with E-state index >= 15 is 0 Å². The van der Waals surface area contributed by atoms with Crippen molar-refractivity contribution in [3.05, 3.63) is 0 Å². The van der Waals surface area contributed by atoms with Crippen LogP contribution in [0.5, 0.6) is 0 Å². The zero-order valence-corrected chi connectivity index (χ0v) is 38.2. The Balaban J connectivity index is 5.48. The van der Waals surface area contributed by atoms with Gasteiger partial charge in [0.25, 0.3) is 0 Å². The third-order valence-electron chi connectivity index (χ3n) is 9.00. The number of rotatable bonds is 29. The van der Waals surface area contributed by atoms with Gasteiger partial charge in [0.1, 0.15) is 36.3 Å². The first-order valence-electron chi connectivity index (χ1n) is 19.7. The van der Waals surface area contributed by atoms with Gasteiger partial charge in [-0.1, -0.05) is 48.0 Å². The Labute approximate surface area is 373 Å². The molecule has 0 aliphatic rings. The van der Waals surface area contributed by atoms with E-state index in [1.807, 2.05) is 0 Å². The molecule has 8 atom stereocenters. The quantitative estimate of drug-likeness (QED) is 0.0148. The second-order valence-electron chi connectivity index (χ2n) is 15.0. The molecule has 0 fully saturated rings. The number of amides is 8. The summed E-state index contributed by atoms with van der Waals surface area (Å²) in [5, 5.41) is 29.0. The molecule has 0 rings (SSSR count). The van der Waals surface area contributed by atoms with E-state index in [0.717, 1.165) is 0 Å². The first-order chi connectivity index (χ1) is 28.5. The average Bonchev–Trinajstić information content (AvgIpc) is 3.19. The van der Waals surface area contributed by atoms with Gasteiger partial charge >= 0.3 is 5.97 Å². The Morgan fingerprint density at radius 1 is 0.607 bits per heavy atom. The normalized spacial score (nSPS) is 15.0. The number of carbonyl (C=O) groups excluding carboxylic acids is 8. The number of aliphatic imine (C=N–C) groups is 1. The third-order valence-corrected chi connectivity index (χ3v) is 10.1. The number of hydrogen-bond acceptors (Lipinski definition) is 14. The van der Waals surface area contributed by atoms with Crippen LogP contribution in [0, 0.1) is 17.8 Å². The van der Waals surface area contributed by atoms with Crippen LogP contribution in [-0.4, -0.2) is 143 Å². The van der Waals surface area contributed by atoms with Crippen molar-refractivity contribution in [3.63, 3.8) is 0 Å². The molecule has 61 heavy (non-hydrogen) atoms. The lowest BCUT2D eigenvalue weighted by molar-refractivity contribution is -0.141. The summed E-state index contributed by atoms with van der Waals surface area (Å²) in [4.78, 5) is 119. The van der Waals surface area contributed by atoms with Gasteiger partial charge in [0, 0.05) is 23.8 Å². The standard InChI is InChI=1S/C36H66N12O10S3/c1-7-19(6)28(48-32(54)23(15-60)44-29(51)20(37)9-8-10-40-36(38)39)34(56)45-22(14-59)31(53)42-12-25(49)43-21(11-17(2)3)30(52)41-13-26(50)47-27(18(4)5)33(55)46-24(16-61)35(57)58/h17-24,27-28,59-61H,7-16,37H2,1-6H3,(H,41,52)(H,42,53)(H,43,49)(H,44,51)(H,45,56)(H,46,55)(H,47,50)(H,48,54)(H,57,58)(H4,38,39,40)/t19-,20-,21-,22-,23-,24-,27-,28-/m0/s1. The number of carbonyl (C=O) groups is 9. The molecule has 0 aliphatic carbocycles. The lowest BCUT2D eigenvalue weighted by atomic mass is 9.97. The molecule has 0 aromatic heterocycles. The Morgan fingerprint density at radius 2 is 1.08 bits per heavy atom. The van der Waals surface area contributed by atoms with Crippen LogP contribution in [0.4, 0.5) is 0 Å². The van der Waals surface area contributed by atoms with Gasteiger partial charge in [0.05, 0.1) is 19.1 Å². The highest BCUT2D eigenvalue weighted by Crippen LogP contribution is 2.10. The molecule has 0 radical (unpaired) electrons. The molecule has 22 nitrogen and oxygen atoms in total. The lowest BCUT2D eigenvalue weighted by Crippen LogP contribution is -2.60. The fourth-order valence-corrected chi connectivity index (χ4v) is 6.03. The molecular weight excluding hydrogens is 857 g/mol. The van der Waals surface area contributed by atoms with Crippen LogP contribution >= 0.6 is 37.9 Å². The summed E-state index contributed by atoms with van der Waals surface area (Å²) < 4.78 is 0. The molecule has 8 amide bonds. The zero-order chi connectivity index (χ0) is 47.0. The first-order valence-corrected chi connectivity index (χ1v) is 21.6. The number of thiol groups is 3. The van der Waals surface area contributed by atoms with Crippen LogP contribution in [0.3, 0.4) is 0 Å². The van der Waals surface area contributed by atoms with E-state index in [2.05, 4.69) is 85.4 Å². The van der Waals surface area contributed by atoms with Crippen molar-refractivity contribution >= 4 is 97.1 Å². The number of carboxylic acid groups (broad SMARTS) is 1. The Hall–Kier alpha value is -4.49. The highest BCUT2D eigenvalue weighted by Gasteiger charge is 2.33. The van der Waals surface area contributed by atoms with Crippen LogP contribution < -0.4 is 59.7 Å². The second kappa shape index (κ2) is 29.7. The zero-order valence-electron chi connectivity index (χ0n) is 35.5. The molecule has 0 aliphatic heterocycles. The second-order valence-corrected chi connectivity index (χ2v) is 16.1. The maximum atomic E-state index is 13.5. The van der Waals surface area contributed by atoms with E-state index < -0.39 is 120 Å². The van der Waals surface area contributed by atoms with Gasteiger partial charge in [0.2, 0.25) is 47.3 Å². The molecule has 15 N–H and O–H groups in total. The molecule has 0 unspecified atom stereocenters. The summed E-state index contributed by atoms with van der Waals surface area (Å²) in [6.45, 7) is 9.41. The van der Waals surface area contributed by atoms with E-state index in [9.17, 15) is 48.3 Å². The summed E-state index contributed by atoms with van der Waals surface area (Å²) >= 11 is 12.3. The summed E-state index contributed by atoms with van der Waals surface area (Å²) in [6, 6.07) is -8.09. The van der Waals surface area contributed by atoms with Crippen molar-refractivity contribution in [2.24, 2.45) is 39.9 Å². The van der Waals surface area contributed by atoms with Crippen molar-refractivity contribution in [1.82, 2.24) is 42.5 Å². The molecule has 0 saturated heterocycles. The van der Waals surface area contributed by atoms with Gasteiger partial charge in [-0.2, -0.15) is 37.9 Å². The summed E-state index contributed by atoms with van der Waals surface area (Å²) in [5.41, 5.74) is 16.5. The molecule has 0 aromatic carbocycles. The Bertz CT molecular complexity index is 1540. The maximum absolute atomic E-state index is 13.5. The van der Waals surface area contributed by atoms with E-state index in [1.165, 1.54) is 0 Å². The van der Waals surface area contributed by atoms with Crippen molar-refractivity contribution in [1.29, 1.82) is 0 Å². The molecule has 0 heterocycles. The molecule has 0 spiro atoms. The predicted molar refractivity (Wildman–Crippen MR) is 238 cm³/mol. The largest absolute Gasteiger partial charge is 0.480 e. The van der Waals surface area contributed by atoms with Crippen LogP contribution in [0.2, 0.25) is 0 Å². The van der Waals surface area contributed by atoms with Crippen LogP contribution in [0.15, 0.2) is 4.99 Å². The van der Waals surface area contributed by atoms with Crippen molar-refractivity contribution in [2.75, 3.05) is 36.9 Å². The van der Waals surface area contributed by atoms with Crippen molar-refractivity contribution in [3.8, 4) is 0 Å². The number of carboxylic acids is 1. The number of guanidine groups is 1. The molecule has 0 bridgehead atoms. The fourth-order valence-electron chi connectivity index (χ4n) is 5.27. The van der Waals surface area contributed by atoms with E-state index in [0.29, 0.717) is 12.8 Å². The van der Waals surface area contributed by atoms with Crippen LogP contribution in [0.1, 0.15) is 67.2 Å². The minimum atomic E-state index is -1.30. The third kappa shape index (κ3) is 22.3. The molecule has 0 aromatic rings. The maximum Gasteiger partial charge on any atom is 0.327 e. The highest BCUT2D eigenvalue weighted by molar-refractivity contribution is 7.80. The smallest absolute Gasteiger partial charge is 0.327 e. The van der Waals surface area contributed by atoms with Gasteiger partial charge < -0.3 is 64.8 Å². The molecule has 25 heteroatoms. The first kappa shape index (κ1) is 56.5. The summed E-state index contributed by atoms with van der Waals surface area (Å²) in [5.74, 6) is -8.76. The Morgan fingerprint density at radius 3 is 1.56 bits per heavy atom. The van der Waals surface area contributed by atoms with Gasteiger partial charge in [-0.05, 0) is 37.0 Å². The van der Waals surface area contributed by atoms with E-state index in [1.54, 1.807) is 41.5 Å². The Kier molecular flexibility index (Phi) is 27.5. The number of aliphatic carboxylic acids is 1. The number of nitrogens with one attached hydrogen (secondary N) is 8. The molecular formula is C36H66N12O10S3. The average molecular weight is 923 g/mol. The van der Waals surface area contributed by atoms with Crippen LogP contribution in [-0.2, 0) is 43.2 Å². The van der Waals surface area contributed by atoms with E-state index in [4.69, 9.17) is 17.2 Å². The SMILES string of the molecule is CC[C@H](C)[C@H](NC(=O)[C@H](CS)NC(=O)[C@@H](N)CCCN=C(N)N)C(=O)N[C@@H](CS)C(=O)NCC(=O)N[C@@H](CC(C)C)C(=O)NCC(=O)N[C@H](C(=O)N[C@@H](CS)C(=O)O)C(C)C. The lowest BCUT2D eigenvalue weighted by Gasteiger charge is -2.28. The van der Waals surface area contributed by atoms with Crippen molar-refractivity contribution < 1.29 is 48.3 Å². The van der Waals surface area contributed by atoms with Gasteiger partial charge in [-0.25, -0.2) is 4.79 Å². The molecule has 0 saturated carbocycles. The van der Waals surface area contributed by atoms with Crippen molar-refractivity contribution in [2.45, 2.75) is 110 Å².